The summed E-state index contributed by atoms with van der Waals surface area (Å²) in [6.07, 6.45) is 11.4. The van der Waals surface area contributed by atoms with Crippen LogP contribution in [0, 0.1) is 11.3 Å². The van der Waals surface area contributed by atoms with Gasteiger partial charge in [0.2, 0.25) is 5.95 Å². The van der Waals surface area contributed by atoms with Crippen LogP contribution in [-0.2, 0) is 6.54 Å². The first-order valence-corrected chi connectivity index (χ1v) is 15.8. The fourth-order valence-corrected chi connectivity index (χ4v) is 5.58. The fourth-order valence-electron chi connectivity index (χ4n) is 5.58. The van der Waals surface area contributed by atoms with Gasteiger partial charge in [0.1, 0.15) is 23.1 Å². The SMILES string of the molecule is C/C=C\C(=C/C)c1ccc2nc(-c3cccnc3N)n(-c3ccc(CN4CCC(Nc5nccc(C#N)n5)CC4)cc3)c2n1.CC. The number of imidazole rings is 1. The van der Waals surface area contributed by atoms with Gasteiger partial charge < -0.3 is 11.1 Å². The summed E-state index contributed by atoms with van der Waals surface area (Å²) in [4.78, 5) is 25.3. The summed E-state index contributed by atoms with van der Waals surface area (Å²) in [5, 5.41) is 12.5. The van der Waals surface area contributed by atoms with Crippen molar-refractivity contribution in [2.45, 2.75) is 53.1 Å². The molecule has 1 aromatic carbocycles. The van der Waals surface area contributed by atoms with Crippen molar-refractivity contribution in [3.63, 3.8) is 0 Å². The van der Waals surface area contributed by atoms with Crippen LogP contribution in [0.15, 0.2) is 85.2 Å². The molecule has 3 N–H and O–H groups in total. The van der Waals surface area contributed by atoms with E-state index in [9.17, 15) is 0 Å². The monoisotopic (exact) mass is 612 g/mol. The average molecular weight is 613 g/mol. The van der Waals surface area contributed by atoms with Crippen molar-refractivity contribution in [1.29, 1.82) is 5.26 Å². The summed E-state index contributed by atoms with van der Waals surface area (Å²) in [5.41, 5.74) is 13.1. The minimum absolute atomic E-state index is 0.281. The van der Waals surface area contributed by atoms with Gasteiger partial charge in [0.25, 0.3) is 0 Å². The van der Waals surface area contributed by atoms with Crippen LogP contribution in [0.2, 0.25) is 0 Å². The lowest BCUT2D eigenvalue weighted by Gasteiger charge is -2.32. The number of likely N-dealkylation sites (tertiary alicyclic amines) is 1. The lowest BCUT2D eigenvalue weighted by molar-refractivity contribution is 0.211. The molecule has 10 heteroatoms. The van der Waals surface area contributed by atoms with E-state index in [1.54, 1.807) is 18.5 Å². The molecule has 0 unspecified atom stereocenters. The molecule has 10 nitrogen and oxygen atoms in total. The number of fused-ring (bicyclic) bond motifs is 1. The Kier molecular flexibility index (Phi) is 10.5. The molecule has 0 bridgehead atoms. The maximum atomic E-state index is 9.10. The Hall–Kier alpha value is -5.40. The summed E-state index contributed by atoms with van der Waals surface area (Å²) < 4.78 is 2.07. The smallest absolute Gasteiger partial charge is 0.224 e. The van der Waals surface area contributed by atoms with Gasteiger partial charge in [-0.2, -0.15) is 5.26 Å². The normalized spacial score (nSPS) is 14.2. The minimum Gasteiger partial charge on any atom is -0.383 e. The van der Waals surface area contributed by atoms with Crippen LogP contribution >= 0.6 is 0 Å². The molecule has 0 radical (unpaired) electrons. The highest BCUT2D eigenvalue weighted by molar-refractivity contribution is 5.85. The second kappa shape index (κ2) is 15.1. The standard InChI is InChI=1S/C34H34N10.C2H6/c1-3-6-24(4-2)29-12-13-30-33(41-29)44(32(42-30)28-7-5-17-37-31(28)36)27-10-8-23(9-11-27)22-43-19-15-25(16-20-43)39-34-38-18-14-26(21-35)40-34;1-2/h3-14,17-18,25H,15-16,19-20,22H2,1-2H3,(H2,36,37)(H,38,39,40);1-2H3/b6-3-,24-4+;. The van der Waals surface area contributed by atoms with E-state index in [1.165, 1.54) is 5.56 Å². The van der Waals surface area contributed by atoms with Crippen LogP contribution in [0.25, 0.3) is 33.8 Å². The number of anilines is 2. The number of nitrogens with two attached hydrogens (primary N) is 1. The van der Waals surface area contributed by atoms with Crippen LogP contribution in [0.3, 0.4) is 0 Å². The summed E-state index contributed by atoms with van der Waals surface area (Å²) >= 11 is 0. The molecule has 0 amide bonds. The quantitative estimate of drug-likeness (QED) is 0.181. The molecule has 5 heterocycles. The lowest BCUT2D eigenvalue weighted by atomic mass is 10.0. The largest absolute Gasteiger partial charge is 0.383 e. The topological polar surface area (TPSA) is 134 Å². The molecule has 0 saturated carbocycles. The van der Waals surface area contributed by atoms with Crippen LogP contribution < -0.4 is 11.1 Å². The molecular formula is C36H40N10. The molecule has 0 spiro atoms. The number of pyridine rings is 2. The third kappa shape index (κ3) is 7.11. The van der Waals surface area contributed by atoms with Crippen molar-refractivity contribution in [2.24, 2.45) is 0 Å². The maximum absolute atomic E-state index is 9.10. The number of nitriles is 1. The number of rotatable bonds is 8. The molecule has 1 aliphatic rings. The van der Waals surface area contributed by atoms with Gasteiger partial charge in [0, 0.05) is 43.8 Å². The second-order valence-electron chi connectivity index (χ2n) is 10.7. The number of piperidine rings is 1. The first-order valence-electron chi connectivity index (χ1n) is 15.8. The highest BCUT2D eigenvalue weighted by Gasteiger charge is 2.21. The number of nitrogen functional groups attached to an aromatic ring is 1. The lowest BCUT2D eigenvalue weighted by Crippen LogP contribution is -2.39. The number of benzene rings is 1. The van der Waals surface area contributed by atoms with Crippen molar-refractivity contribution in [1.82, 2.24) is 34.4 Å². The number of aromatic nitrogens is 6. The molecule has 0 aliphatic carbocycles. The zero-order valence-corrected chi connectivity index (χ0v) is 26.9. The highest BCUT2D eigenvalue weighted by atomic mass is 15.2. The van der Waals surface area contributed by atoms with Gasteiger partial charge in [-0.1, -0.05) is 44.2 Å². The molecule has 1 fully saturated rings. The van der Waals surface area contributed by atoms with E-state index in [2.05, 4.69) is 72.2 Å². The van der Waals surface area contributed by atoms with Crippen LogP contribution in [0.5, 0.6) is 0 Å². The number of hydrogen-bond donors (Lipinski definition) is 2. The van der Waals surface area contributed by atoms with Crippen molar-refractivity contribution >= 4 is 28.5 Å². The van der Waals surface area contributed by atoms with Gasteiger partial charge in [-0.3, -0.25) is 9.47 Å². The molecule has 0 atom stereocenters. The Morgan fingerprint density at radius 3 is 2.46 bits per heavy atom. The van der Waals surface area contributed by atoms with Gasteiger partial charge in [-0.15, -0.1) is 0 Å². The molecule has 1 aliphatic heterocycles. The van der Waals surface area contributed by atoms with Gasteiger partial charge in [-0.25, -0.2) is 24.9 Å². The van der Waals surface area contributed by atoms with Crippen molar-refractivity contribution < 1.29 is 0 Å². The van der Waals surface area contributed by atoms with E-state index in [0.717, 1.165) is 66.2 Å². The van der Waals surface area contributed by atoms with Gasteiger partial charge >= 0.3 is 0 Å². The maximum Gasteiger partial charge on any atom is 0.224 e. The van der Waals surface area contributed by atoms with E-state index < -0.39 is 0 Å². The van der Waals surface area contributed by atoms with Gasteiger partial charge in [0.15, 0.2) is 11.5 Å². The van der Waals surface area contributed by atoms with Crippen molar-refractivity contribution in [2.75, 3.05) is 24.1 Å². The highest BCUT2D eigenvalue weighted by Crippen LogP contribution is 2.31. The number of nitrogens with zero attached hydrogens (tertiary/aromatic N) is 8. The van der Waals surface area contributed by atoms with E-state index in [4.69, 9.17) is 21.0 Å². The summed E-state index contributed by atoms with van der Waals surface area (Å²) in [6.45, 7) is 10.8. The third-order valence-electron chi connectivity index (χ3n) is 7.83. The predicted molar refractivity (Wildman–Crippen MR) is 185 cm³/mol. The molecule has 6 rings (SSSR count). The Balaban J connectivity index is 0.00000204. The Labute approximate surface area is 270 Å². The van der Waals surface area contributed by atoms with E-state index in [0.29, 0.717) is 23.3 Å². The molecule has 46 heavy (non-hydrogen) atoms. The Morgan fingerprint density at radius 2 is 1.76 bits per heavy atom. The molecular weight excluding hydrogens is 572 g/mol. The molecule has 1 saturated heterocycles. The number of nitrogens with one attached hydrogen (secondary N) is 1. The first-order chi connectivity index (χ1) is 22.6. The number of hydrogen-bond acceptors (Lipinski definition) is 9. The summed E-state index contributed by atoms with van der Waals surface area (Å²) in [5.74, 6) is 1.64. The number of allylic oxidation sites excluding steroid dienone is 4. The van der Waals surface area contributed by atoms with Crippen LogP contribution in [-0.4, -0.2) is 53.5 Å². The zero-order valence-electron chi connectivity index (χ0n) is 26.9. The fraction of sp³-hybridized carbons (Fsp3) is 0.278. The Bertz CT molecular complexity index is 1870. The van der Waals surface area contributed by atoms with Crippen molar-refractivity contribution in [3.05, 3.63) is 102 Å². The molecule has 234 valence electrons. The third-order valence-corrected chi connectivity index (χ3v) is 7.83. The van der Waals surface area contributed by atoms with Crippen molar-refractivity contribution in [3.8, 4) is 23.1 Å². The van der Waals surface area contributed by atoms with E-state index in [1.807, 2.05) is 58.0 Å². The second-order valence-corrected chi connectivity index (χ2v) is 10.7. The predicted octanol–water partition coefficient (Wildman–Crippen LogP) is 6.81. The Morgan fingerprint density at radius 1 is 0.978 bits per heavy atom. The minimum atomic E-state index is 0.281. The van der Waals surface area contributed by atoms with E-state index >= 15 is 0 Å². The zero-order chi connectivity index (χ0) is 32.5. The van der Waals surface area contributed by atoms with Crippen LogP contribution in [0.4, 0.5) is 11.8 Å². The van der Waals surface area contributed by atoms with Gasteiger partial charge in [0.05, 0.1) is 11.3 Å². The summed E-state index contributed by atoms with van der Waals surface area (Å²) in [7, 11) is 0. The molecule has 5 aromatic rings. The van der Waals surface area contributed by atoms with Crippen LogP contribution in [0.1, 0.15) is 57.5 Å². The molecule has 4 aromatic heterocycles. The average Bonchev–Trinajstić information content (AvgIpc) is 3.48. The first kappa shape index (κ1) is 32.0. The van der Waals surface area contributed by atoms with E-state index in [-0.39, 0.29) is 6.04 Å². The van der Waals surface area contributed by atoms with Gasteiger partial charge in [-0.05, 0) is 80.3 Å². The summed E-state index contributed by atoms with van der Waals surface area (Å²) in [6, 6.07) is 20.4.